The summed E-state index contributed by atoms with van der Waals surface area (Å²) in [6, 6.07) is -0.358. The van der Waals surface area contributed by atoms with Crippen LogP contribution in [-0.4, -0.2) is 45.3 Å². The van der Waals surface area contributed by atoms with Crippen molar-refractivity contribution in [2.45, 2.75) is 81.1 Å². The predicted molar refractivity (Wildman–Crippen MR) is 78.2 cm³/mol. The molecule has 13 heteroatoms. The summed E-state index contributed by atoms with van der Waals surface area (Å²) in [7, 11) is -1.93. The topological polar surface area (TPSA) is 9.23 Å². The first kappa shape index (κ1) is 26.4. The fourth-order valence-electron chi connectivity index (χ4n) is 2.74. The van der Waals surface area contributed by atoms with Crippen LogP contribution in [0.5, 0.6) is 0 Å². The second-order valence-electron chi connectivity index (χ2n) is 6.31. The lowest BCUT2D eigenvalue weighted by Gasteiger charge is -2.38. The Balaban J connectivity index is 5.78. The number of rotatable bonds is 11. The summed E-state index contributed by atoms with van der Waals surface area (Å²) in [5.41, 5.74) is 0. The predicted octanol–water partition coefficient (Wildman–Crippen LogP) is 6.89. The Hall–Kier alpha value is -0.593. The zero-order valence-electron chi connectivity index (χ0n) is 14.8. The lowest BCUT2D eigenvalue weighted by Crippen LogP contribution is -2.66. The summed E-state index contributed by atoms with van der Waals surface area (Å²) in [6.45, 7) is 3.28. The molecule has 0 rings (SSSR count). The third kappa shape index (κ3) is 4.88. The van der Waals surface area contributed by atoms with Crippen molar-refractivity contribution in [3.05, 3.63) is 0 Å². The van der Waals surface area contributed by atoms with E-state index in [1.54, 1.807) is 13.8 Å². The van der Waals surface area contributed by atoms with Gasteiger partial charge < -0.3 is 4.43 Å². The summed E-state index contributed by atoms with van der Waals surface area (Å²) >= 11 is 0. The zero-order valence-corrected chi connectivity index (χ0v) is 15.8. The van der Waals surface area contributed by atoms with Gasteiger partial charge in [-0.25, -0.2) is 0 Å². The maximum Gasteiger partial charge on any atom is 0.460 e. The van der Waals surface area contributed by atoms with Crippen LogP contribution >= 0.6 is 0 Å². The normalized spacial score (nSPS) is 15.3. The molecule has 0 aliphatic carbocycles. The first-order valence-corrected chi connectivity index (χ1v) is 10.5. The van der Waals surface area contributed by atoms with Gasteiger partial charge in [-0.15, -0.1) is 0 Å². The summed E-state index contributed by atoms with van der Waals surface area (Å²) < 4.78 is 148. The molecular weight excluding hydrogens is 421 g/mol. The summed E-state index contributed by atoms with van der Waals surface area (Å²) in [6.07, 6.45) is -8.32. The smallest absolute Gasteiger partial charge is 0.420 e. The van der Waals surface area contributed by atoms with Gasteiger partial charge in [0.2, 0.25) is 0 Å². The molecule has 0 fully saturated rings. The van der Waals surface area contributed by atoms with Crippen LogP contribution in [0, 0.1) is 0 Å². The molecule has 1 nitrogen and oxygen atoms in total. The SMILES string of the molecule is CCC[Si](CCC)(CCC(F)(F)C(F)(F)C(F)(F)C(F)(F)C(F)(F)F)OC. The van der Waals surface area contributed by atoms with Crippen molar-refractivity contribution in [3.8, 4) is 0 Å². The van der Waals surface area contributed by atoms with E-state index >= 15 is 0 Å². The van der Waals surface area contributed by atoms with Crippen LogP contribution in [0.25, 0.3) is 0 Å². The highest BCUT2D eigenvalue weighted by Gasteiger charge is 2.86. The number of hydrogen-bond acceptors (Lipinski definition) is 1. The molecule has 0 atom stereocenters. The molecule has 0 amide bonds. The van der Waals surface area contributed by atoms with E-state index in [4.69, 9.17) is 4.43 Å². The maximum atomic E-state index is 13.8. The molecule has 0 heterocycles. The Morgan fingerprint density at radius 3 is 1.33 bits per heavy atom. The molecule has 0 saturated heterocycles. The van der Waals surface area contributed by atoms with Crippen molar-refractivity contribution < 1.29 is 52.7 Å². The second kappa shape index (κ2) is 8.42. The van der Waals surface area contributed by atoms with Gasteiger partial charge in [0, 0.05) is 13.5 Å². The number of hydrogen-bond donors (Lipinski definition) is 0. The van der Waals surface area contributed by atoms with Gasteiger partial charge in [0.15, 0.2) is 8.32 Å². The average Bonchev–Trinajstić information content (AvgIpc) is 2.51. The van der Waals surface area contributed by atoms with Crippen molar-refractivity contribution in [2.75, 3.05) is 7.11 Å². The minimum Gasteiger partial charge on any atom is -0.420 e. The molecule has 0 saturated carbocycles. The van der Waals surface area contributed by atoms with Crippen LogP contribution in [0.15, 0.2) is 0 Å². The lowest BCUT2D eigenvalue weighted by molar-refractivity contribution is -0.422. The van der Waals surface area contributed by atoms with Crippen molar-refractivity contribution in [2.24, 2.45) is 0 Å². The second-order valence-corrected chi connectivity index (χ2v) is 10.6. The van der Waals surface area contributed by atoms with E-state index in [2.05, 4.69) is 0 Å². The van der Waals surface area contributed by atoms with Gasteiger partial charge in [0.05, 0.1) is 0 Å². The minimum atomic E-state index is -7.34. The summed E-state index contributed by atoms with van der Waals surface area (Å²) in [5, 5.41) is 0. The molecule has 0 spiro atoms. The third-order valence-corrected chi connectivity index (χ3v) is 9.19. The molecule has 0 unspecified atom stereocenters. The maximum absolute atomic E-state index is 13.8. The molecule has 27 heavy (non-hydrogen) atoms. The van der Waals surface area contributed by atoms with E-state index in [0.29, 0.717) is 12.8 Å². The molecule has 0 aromatic heterocycles. The number of alkyl halides is 11. The van der Waals surface area contributed by atoms with E-state index in [0.717, 1.165) is 7.11 Å². The Labute approximate surface area is 150 Å². The fraction of sp³-hybridized carbons (Fsp3) is 1.00. The molecule has 0 N–H and O–H groups in total. The molecule has 0 bridgehead atoms. The van der Waals surface area contributed by atoms with Gasteiger partial charge in [0.1, 0.15) is 0 Å². The third-order valence-electron chi connectivity index (χ3n) is 4.34. The van der Waals surface area contributed by atoms with Crippen LogP contribution in [0.2, 0.25) is 18.1 Å². The lowest BCUT2D eigenvalue weighted by atomic mass is 9.96. The standard InChI is InChI=1S/C14H21F11OSi/c1-4-7-27(26-3,8-5-2)9-6-10(15,16)11(17,18)12(19,20)13(21,22)14(23,24)25/h4-9H2,1-3H3. The molecular formula is C14H21F11OSi. The highest BCUT2D eigenvalue weighted by Crippen LogP contribution is 2.58. The molecule has 0 aliphatic rings. The van der Waals surface area contributed by atoms with Crippen LogP contribution in [0.3, 0.4) is 0 Å². The van der Waals surface area contributed by atoms with Gasteiger partial charge >= 0.3 is 29.9 Å². The fourth-order valence-corrected chi connectivity index (χ4v) is 6.69. The molecule has 164 valence electrons. The monoisotopic (exact) mass is 442 g/mol. The molecule has 0 aromatic carbocycles. The number of halogens is 11. The Kier molecular flexibility index (Phi) is 8.23. The van der Waals surface area contributed by atoms with Gasteiger partial charge in [0.25, 0.3) is 0 Å². The van der Waals surface area contributed by atoms with E-state index in [9.17, 15) is 48.3 Å². The Morgan fingerprint density at radius 1 is 0.630 bits per heavy atom. The Morgan fingerprint density at radius 2 is 1.04 bits per heavy atom. The zero-order chi connectivity index (χ0) is 21.9. The van der Waals surface area contributed by atoms with Crippen molar-refractivity contribution >= 4 is 8.32 Å². The quantitative estimate of drug-likeness (QED) is 0.250. The van der Waals surface area contributed by atoms with Crippen LogP contribution in [0.1, 0.15) is 33.1 Å². The minimum absolute atomic E-state index is 0.216. The van der Waals surface area contributed by atoms with Gasteiger partial charge in [-0.3, -0.25) is 0 Å². The van der Waals surface area contributed by atoms with Crippen LogP contribution < -0.4 is 0 Å². The van der Waals surface area contributed by atoms with Crippen LogP contribution in [-0.2, 0) is 4.43 Å². The van der Waals surface area contributed by atoms with Crippen molar-refractivity contribution in [1.29, 1.82) is 0 Å². The van der Waals surface area contributed by atoms with Gasteiger partial charge in [-0.1, -0.05) is 26.7 Å². The largest absolute Gasteiger partial charge is 0.460 e. The van der Waals surface area contributed by atoms with E-state index in [-0.39, 0.29) is 12.1 Å². The highest BCUT2D eigenvalue weighted by molar-refractivity contribution is 6.73. The Bertz CT molecular complexity index is 470. The molecule has 0 radical (unpaired) electrons. The average molecular weight is 442 g/mol. The highest BCUT2D eigenvalue weighted by atomic mass is 28.4. The summed E-state index contributed by atoms with van der Waals surface area (Å²) in [5.74, 6) is -27.4. The van der Waals surface area contributed by atoms with Crippen molar-refractivity contribution in [3.63, 3.8) is 0 Å². The first-order chi connectivity index (χ1) is 11.9. The molecule has 0 aromatic rings. The molecule has 0 aliphatic heterocycles. The van der Waals surface area contributed by atoms with E-state index < -0.39 is 50.6 Å². The first-order valence-electron chi connectivity index (χ1n) is 8.02. The summed E-state index contributed by atoms with van der Waals surface area (Å²) in [4.78, 5) is 0. The van der Waals surface area contributed by atoms with E-state index in [1.807, 2.05) is 0 Å². The van der Waals surface area contributed by atoms with Crippen molar-refractivity contribution in [1.82, 2.24) is 0 Å². The van der Waals surface area contributed by atoms with Gasteiger partial charge in [-0.05, 0) is 18.1 Å². The van der Waals surface area contributed by atoms with Crippen LogP contribution in [0.4, 0.5) is 48.3 Å². The van der Waals surface area contributed by atoms with E-state index in [1.165, 1.54) is 0 Å². The van der Waals surface area contributed by atoms with Gasteiger partial charge in [-0.2, -0.15) is 48.3 Å².